The molecule has 1 N–H and O–H groups in total. The number of aliphatic carboxylic acids is 1. The molecule has 2 heterocycles. The fraction of sp³-hybridized carbons (Fsp3) is 0.778. The van der Waals surface area contributed by atoms with E-state index in [0.717, 1.165) is 24.4 Å². The smallest absolute Gasteiger partial charge is 0.305 e. The van der Waals surface area contributed by atoms with Crippen LogP contribution in [0.2, 0.25) is 0 Å². The molecular formula is C9H14N4O2S. The third kappa shape index (κ3) is 2.18. The Hall–Kier alpha value is -1.11. The van der Waals surface area contributed by atoms with Crippen LogP contribution in [-0.2, 0) is 16.1 Å². The van der Waals surface area contributed by atoms with E-state index in [1.807, 2.05) is 11.8 Å². The number of carboxylic acids is 1. The highest BCUT2D eigenvalue weighted by Gasteiger charge is 2.36. The maximum absolute atomic E-state index is 10.5. The van der Waals surface area contributed by atoms with Crippen LogP contribution in [0, 0.1) is 0 Å². The Kier molecular flexibility index (Phi) is 3.13. The van der Waals surface area contributed by atoms with Gasteiger partial charge in [0.05, 0.1) is 17.7 Å². The third-order valence-electron chi connectivity index (χ3n) is 2.76. The van der Waals surface area contributed by atoms with E-state index in [4.69, 9.17) is 5.11 Å². The van der Waals surface area contributed by atoms with E-state index in [1.54, 1.807) is 4.68 Å². The maximum Gasteiger partial charge on any atom is 0.305 e. The standard InChI is InChI=1S/C9H14N4O2S/c1-9(4-2-6-16-9)8-10-11-12-13(8)5-3-7(14)15/h2-6H2,1H3,(H,14,15). The molecule has 0 aliphatic carbocycles. The fourth-order valence-electron chi connectivity index (χ4n) is 1.89. The molecule has 1 unspecified atom stereocenters. The van der Waals surface area contributed by atoms with Crippen molar-refractivity contribution in [2.75, 3.05) is 5.75 Å². The van der Waals surface area contributed by atoms with Crippen LogP contribution < -0.4 is 0 Å². The van der Waals surface area contributed by atoms with Gasteiger partial charge in [0.15, 0.2) is 5.82 Å². The van der Waals surface area contributed by atoms with Crippen molar-refractivity contribution in [1.29, 1.82) is 0 Å². The molecule has 1 aliphatic heterocycles. The van der Waals surface area contributed by atoms with Crippen LogP contribution in [0.3, 0.4) is 0 Å². The quantitative estimate of drug-likeness (QED) is 0.844. The Bertz CT molecular complexity index is 387. The lowest BCUT2D eigenvalue weighted by molar-refractivity contribution is -0.137. The van der Waals surface area contributed by atoms with E-state index in [-0.39, 0.29) is 11.2 Å². The Morgan fingerprint density at radius 3 is 3.12 bits per heavy atom. The summed E-state index contributed by atoms with van der Waals surface area (Å²) >= 11 is 1.84. The number of hydrogen-bond acceptors (Lipinski definition) is 5. The normalized spacial score (nSPS) is 24.8. The topological polar surface area (TPSA) is 80.9 Å². The first-order valence-electron chi connectivity index (χ1n) is 5.24. The van der Waals surface area contributed by atoms with Crippen LogP contribution in [-0.4, -0.2) is 37.0 Å². The molecule has 0 aromatic carbocycles. The second-order valence-corrected chi connectivity index (χ2v) is 5.65. The summed E-state index contributed by atoms with van der Waals surface area (Å²) in [6.07, 6.45) is 2.26. The first-order valence-corrected chi connectivity index (χ1v) is 6.23. The lowest BCUT2D eigenvalue weighted by Gasteiger charge is -2.20. The molecule has 1 aromatic heterocycles. The molecule has 2 rings (SSSR count). The molecule has 0 saturated carbocycles. The largest absolute Gasteiger partial charge is 0.481 e. The Morgan fingerprint density at radius 2 is 2.50 bits per heavy atom. The predicted octanol–water partition coefficient (Wildman–Crippen LogP) is 0.890. The van der Waals surface area contributed by atoms with Crippen LogP contribution in [0.5, 0.6) is 0 Å². The van der Waals surface area contributed by atoms with Gasteiger partial charge in [-0.3, -0.25) is 4.79 Å². The molecule has 7 heteroatoms. The van der Waals surface area contributed by atoms with E-state index >= 15 is 0 Å². The van der Waals surface area contributed by atoms with Gasteiger partial charge in [-0.15, -0.1) is 16.9 Å². The lowest BCUT2D eigenvalue weighted by Crippen LogP contribution is -2.21. The van der Waals surface area contributed by atoms with E-state index in [1.165, 1.54) is 0 Å². The molecule has 16 heavy (non-hydrogen) atoms. The van der Waals surface area contributed by atoms with Crippen LogP contribution in [0.4, 0.5) is 0 Å². The first kappa shape index (κ1) is 11.4. The Balaban J connectivity index is 2.15. The number of hydrogen-bond donors (Lipinski definition) is 1. The average Bonchev–Trinajstić information content (AvgIpc) is 2.83. The minimum atomic E-state index is -0.828. The minimum Gasteiger partial charge on any atom is -0.481 e. The second-order valence-electron chi connectivity index (χ2n) is 4.05. The van der Waals surface area contributed by atoms with Crippen molar-refractivity contribution in [3.05, 3.63) is 5.82 Å². The Morgan fingerprint density at radius 1 is 1.69 bits per heavy atom. The van der Waals surface area contributed by atoms with E-state index < -0.39 is 5.97 Å². The van der Waals surface area contributed by atoms with Crippen molar-refractivity contribution in [1.82, 2.24) is 20.2 Å². The molecule has 88 valence electrons. The summed E-state index contributed by atoms with van der Waals surface area (Å²) in [5, 5.41) is 20.2. The van der Waals surface area contributed by atoms with E-state index in [9.17, 15) is 4.79 Å². The third-order valence-corrected chi connectivity index (χ3v) is 4.28. The molecule has 1 aliphatic rings. The van der Waals surface area contributed by atoms with Gasteiger partial charge in [-0.1, -0.05) is 0 Å². The van der Waals surface area contributed by atoms with Crippen LogP contribution >= 0.6 is 11.8 Å². The summed E-state index contributed by atoms with van der Waals surface area (Å²) in [6, 6.07) is 0. The average molecular weight is 242 g/mol. The highest BCUT2D eigenvalue weighted by atomic mass is 32.2. The number of rotatable bonds is 4. The summed E-state index contributed by atoms with van der Waals surface area (Å²) < 4.78 is 1.56. The van der Waals surface area contributed by atoms with Gasteiger partial charge in [-0.05, 0) is 35.9 Å². The number of tetrazole rings is 1. The second kappa shape index (κ2) is 4.40. The van der Waals surface area contributed by atoms with Gasteiger partial charge < -0.3 is 5.11 Å². The first-order chi connectivity index (χ1) is 7.62. The number of nitrogens with zero attached hydrogens (tertiary/aromatic N) is 4. The van der Waals surface area contributed by atoms with Crippen molar-refractivity contribution >= 4 is 17.7 Å². The van der Waals surface area contributed by atoms with Crippen molar-refractivity contribution in [2.45, 2.75) is 37.5 Å². The zero-order valence-electron chi connectivity index (χ0n) is 9.09. The molecule has 0 amide bonds. The molecule has 1 aromatic rings. The van der Waals surface area contributed by atoms with Crippen LogP contribution in [0.15, 0.2) is 0 Å². The zero-order chi connectivity index (χ0) is 11.6. The SMILES string of the molecule is CC1(c2nnnn2CCC(=O)O)CCCS1. The van der Waals surface area contributed by atoms with Crippen molar-refractivity contribution in [3.8, 4) is 0 Å². The van der Waals surface area contributed by atoms with Crippen molar-refractivity contribution < 1.29 is 9.90 Å². The monoisotopic (exact) mass is 242 g/mol. The van der Waals surface area contributed by atoms with Gasteiger partial charge in [-0.2, -0.15) is 0 Å². The number of aromatic nitrogens is 4. The highest BCUT2D eigenvalue weighted by Crippen LogP contribution is 2.44. The summed E-state index contributed by atoms with van der Waals surface area (Å²) in [5.41, 5.74) is 0. The maximum atomic E-state index is 10.5. The van der Waals surface area contributed by atoms with Gasteiger partial charge in [-0.25, -0.2) is 4.68 Å². The van der Waals surface area contributed by atoms with E-state index in [0.29, 0.717) is 6.54 Å². The summed E-state index contributed by atoms with van der Waals surface area (Å²) in [5.74, 6) is 1.09. The van der Waals surface area contributed by atoms with Crippen LogP contribution in [0.1, 0.15) is 32.0 Å². The van der Waals surface area contributed by atoms with Gasteiger partial charge in [0.2, 0.25) is 0 Å². The molecule has 1 atom stereocenters. The van der Waals surface area contributed by atoms with Gasteiger partial charge in [0.25, 0.3) is 0 Å². The molecule has 6 nitrogen and oxygen atoms in total. The summed E-state index contributed by atoms with van der Waals surface area (Å²) in [4.78, 5) is 10.5. The number of carbonyl (C=O) groups is 1. The predicted molar refractivity (Wildman–Crippen MR) is 59.1 cm³/mol. The fourth-order valence-corrected chi connectivity index (χ4v) is 3.19. The molecule has 1 fully saturated rings. The highest BCUT2D eigenvalue weighted by molar-refractivity contribution is 8.00. The molecule has 0 radical (unpaired) electrons. The summed E-state index contributed by atoms with van der Waals surface area (Å²) in [6.45, 7) is 2.46. The zero-order valence-corrected chi connectivity index (χ0v) is 9.90. The number of aryl methyl sites for hydroxylation is 1. The summed E-state index contributed by atoms with van der Waals surface area (Å²) in [7, 11) is 0. The molecular weight excluding hydrogens is 228 g/mol. The molecule has 1 saturated heterocycles. The van der Waals surface area contributed by atoms with Gasteiger partial charge >= 0.3 is 5.97 Å². The van der Waals surface area contributed by atoms with Crippen molar-refractivity contribution in [2.24, 2.45) is 0 Å². The minimum absolute atomic E-state index is 0.0536. The van der Waals surface area contributed by atoms with Crippen molar-refractivity contribution in [3.63, 3.8) is 0 Å². The lowest BCUT2D eigenvalue weighted by atomic mass is 10.1. The molecule has 0 spiro atoms. The number of thioether (sulfide) groups is 1. The van der Waals surface area contributed by atoms with Gasteiger partial charge in [0, 0.05) is 0 Å². The Labute approximate surface area is 97.4 Å². The van der Waals surface area contributed by atoms with Gasteiger partial charge in [0.1, 0.15) is 0 Å². The van der Waals surface area contributed by atoms with E-state index in [2.05, 4.69) is 22.4 Å². The molecule has 0 bridgehead atoms. The number of carboxylic acid groups (broad SMARTS) is 1. The van der Waals surface area contributed by atoms with Crippen LogP contribution in [0.25, 0.3) is 0 Å².